The van der Waals surface area contributed by atoms with Crippen LogP contribution >= 0.6 is 0 Å². The van der Waals surface area contributed by atoms with Crippen LogP contribution in [0.4, 0.5) is 0 Å². The molecule has 2 heteroatoms. The van der Waals surface area contributed by atoms with Crippen LogP contribution < -0.4 is 5.32 Å². The Labute approximate surface area is 89.1 Å². The molecule has 2 nitrogen and oxygen atoms in total. The lowest BCUT2D eigenvalue weighted by atomic mass is 9.88. The van der Waals surface area contributed by atoms with Crippen molar-refractivity contribution in [2.45, 2.75) is 39.7 Å². The van der Waals surface area contributed by atoms with E-state index < -0.39 is 0 Å². The largest absolute Gasteiger partial charge is 0.314 e. The Kier molecular flexibility index (Phi) is 3.96. The average molecular weight is 198 g/mol. The van der Waals surface area contributed by atoms with Gasteiger partial charge in [-0.25, -0.2) is 0 Å². The Bertz CT molecular complexity index is 177. The first-order valence-electron chi connectivity index (χ1n) is 5.86. The van der Waals surface area contributed by atoms with E-state index in [9.17, 15) is 0 Å². The van der Waals surface area contributed by atoms with Gasteiger partial charge in [-0.2, -0.15) is 0 Å². The molecule has 1 fully saturated rings. The maximum Gasteiger partial charge on any atom is 0.0249 e. The SMILES string of the molecule is CNC(C)(C)CN1CCC(C)C(C)C1. The van der Waals surface area contributed by atoms with E-state index in [0.29, 0.717) is 0 Å². The maximum atomic E-state index is 3.37. The van der Waals surface area contributed by atoms with Gasteiger partial charge in [0.2, 0.25) is 0 Å². The van der Waals surface area contributed by atoms with Crippen molar-refractivity contribution in [3.8, 4) is 0 Å². The van der Waals surface area contributed by atoms with Crippen LogP contribution in [0.3, 0.4) is 0 Å². The summed E-state index contributed by atoms with van der Waals surface area (Å²) in [6.45, 7) is 13.0. The fourth-order valence-electron chi connectivity index (χ4n) is 2.13. The minimum atomic E-state index is 0.250. The third-order valence-electron chi connectivity index (χ3n) is 3.71. The molecular weight excluding hydrogens is 172 g/mol. The fraction of sp³-hybridized carbons (Fsp3) is 1.00. The molecule has 0 radical (unpaired) electrons. The molecule has 1 aliphatic rings. The summed E-state index contributed by atoms with van der Waals surface area (Å²) in [4.78, 5) is 2.60. The van der Waals surface area contributed by atoms with Crippen LogP contribution in [0.5, 0.6) is 0 Å². The van der Waals surface area contributed by atoms with Gasteiger partial charge in [-0.3, -0.25) is 0 Å². The van der Waals surface area contributed by atoms with Crippen LogP contribution in [0.1, 0.15) is 34.1 Å². The second-order valence-corrected chi connectivity index (χ2v) is 5.61. The summed E-state index contributed by atoms with van der Waals surface area (Å²) in [7, 11) is 2.05. The predicted octanol–water partition coefficient (Wildman–Crippen LogP) is 1.96. The normalized spacial score (nSPS) is 30.6. The number of piperidine rings is 1. The molecule has 0 aliphatic carbocycles. The molecule has 1 N–H and O–H groups in total. The summed E-state index contributed by atoms with van der Waals surface area (Å²) in [6.07, 6.45) is 1.36. The number of nitrogens with zero attached hydrogens (tertiary/aromatic N) is 1. The van der Waals surface area contributed by atoms with Crippen LogP contribution in [0.25, 0.3) is 0 Å². The van der Waals surface area contributed by atoms with Crippen molar-refractivity contribution in [3.63, 3.8) is 0 Å². The molecule has 2 unspecified atom stereocenters. The number of likely N-dealkylation sites (tertiary alicyclic amines) is 1. The zero-order valence-corrected chi connectivity index (χ0v) is 10.4. The van der Waals surface area contributed by atoms with Crippen molar-refractivity contribution in [2.24, 2.45) is 11.8 Å². The summed E-state index contributed by atoms with van der Waals surface area (Å²) in [5, 5.41) is 3.37. The van der Waals surface area contributed by atoms with Gasteiger partial charge in [0.15, 0.2) is 0 Å². The van der Waals surface area contributed by atoms with Crippen molar-refractivity contribution in [2.75, 3.05) is 26.7 Å². The maximum absolute atomic E-state index is 3.37. The van der Waals surface area contributed by atoms with Crippen LogP contribution in [0.15, 0.2) is 0 Å². The first-order chi connectivity index (χ1) is 6.44. The van der Waals surface area contributed by atoms with Gasteiger partial charge in [0, 0.05) is 18.6 Å². The summed E-state index contributed by atoms with van der Waals surface area (Å²) in [5.74, 6) is 1.76. The third-order valence-corrected chi connectivity index (χ3v) is 3.71. The molecule has 14 heavy (non-hydrogen) atoms. The molecule has 1 aliphatic heterocycles. The molecule has 1 saturated heterocycles. The van der Waals surface area contributed by atoms with Gasteiger partial charge in [0.25, 0.3) is 0 Å². The number of hydrogen-bond acceptors (Lipinski definition) is 2. The topological polar surface area (TPSA) is 15.3 Å². The zero-order chi connectivity index (χ0) is 10.8. The fourth-order valence-corrected chi connectivity index (χ4v) is 2.13. The van der Waals surface area contributed by atoms with Gasteiger partial charge < -0.3 is 10.2 Å². The van der Waals surface area contributed by atoms with Crippen LogP contribution in [-0.4, -0.2) is 37.1 Å². The molecule has 0 amide bonds. The Morgan fingerprint density at radius 3 is 2.43 bits per heavy atom. The molecule has 0 aromatic heterocycles. The Morgan fingerprint density at radius 1 is 1.29 bits per heavy atom. The predicted molar refractivity (Wildman–Crippen MR) is 62.5 cm³/mol. The minimum absolute atomic E-state index is 0.250. The van der Waals surface area contributed by atoms with E-state index in [4.69, 9.17) is 0 Å². The summed E-state index contributed by atoms with van der Waals surface area (Å²) in [5.41, 5.74) is 0.250. The van der Waals surface area contributed by atoms with E-state index in [1.165, 1.54) is 26.1 Å². The van der Waals surface area contributed by atoms with Crippen molar-refractivity contribution in [1.82, 2.24) is 10.2 Å². The van der Waals surface area contributed by atoms with Crippen LogP contribution in [0.2, 0.25) is 0 Å². The first kappa shape index (κ1) is 12.0. The van der Waals surface area contributed by atoms with Gasteiger partial charge in [-0.1, -0.05) is 13.8 Å². The molecule has 0 bridgehead atoms. The lowest BCUT2D eigenvalue weighted by molar-refractivity contribution is 0.112. The Balaban J connectivity index is 2.40. The Morgan fingerprint density at radius 2 is 1.93 bits per heavy atom. The highest BCUT2D eigenvalue weighted by molar-refractivity contribution is 4.84. The molecule has 0 spiro atoms. The van der Waals surface area contributed by atoms with E-state index in [1.807, 2.05) is 0 Å². The van der Waals surface area contributed by atoms with Gasteiger partial charge in [-0.15, -0.1) is 0 Å². The highest BCUT2D eigenvalue weighted by Crippen LogP contribution is 2.23. The number of rotatable bonds is 3. The molecule has 1 heterocycles. The number of likely N-dealkylation sites (N-methyl/N-ethyl adjacent to an activating group) is 1. The second-order valence-electron chi connectivity index (χ2n) is 5.61. The lowest BCUT2D eigenvalue weighted by Crippen LogP contribution is -2.50. The summed E-state index contributed by atoms with van der Waals surface area (Å²) in [6, 6.07) is 0. The zero-order valence-electron chi connectivity index (χ0n) is 10.4. The van der Waals surface area contributed by atoms with E-state index in [2.05, 4.69) is 45.0 Å². The van der Waals surface area contributed by atoms with Crippen LogP contribution in [0, 0.1) is 11.8 Å². The van der Waals surface area contributed by atoms with Gasteiger partial charge in [-0.05, 0) is 45.7 Å². The highest BCUT2D eigenvalue weighted by atomic mass is 15.2. The lowest BCUT2D eigenvalue weighted by Gasteiger charge is -2.39. The number of nitrogens with one attached hydrogen (secondary N) is 1. The van der Waals surface area contributed by atoms with Crippen LogP contribution in [-0.2, 0) is 0 Å². The molecule has 1 rings (SSSR count). The standard InChI is InChI=1S/C12H26N2/c1-10-6-7-14(8-11(10)2)9-12(3,4)13-5/h10-11,13H,6-9H2,1-5H3. The monoisotopic (exact) mass is 198 g/mol. The van der Waals surface area contributed by atoms with E-state index in [0.717, 1.165) is 11.8 Å². The van der Waals surface area contributed by atoms with E-state index >= 15 is 0 Å². The van der Waals surface area contributed by atoms with E-state index in [1.54, 1.807) is 0 Å². The quantitative estimate of drug-likeness (QED) is 0.746. The van der Waals surface area contributed by atoms with Crippen molar-refractivity contribution < 1.29 is 0 Å². The molecule has 2 atom stereocenters. The Hall–Kier alpha value is -0.0800. The highest BCUT2D eigenvalue weighted by Gasteiger charge is 2.26. The van der Waals surface area contributed by atoms with Gasteiger partial charge in [0.05, 0.1) is 0 Å². The van der Waals surface area contributed by atoms with Gasteiger partial charge >= 0.3 is 0 Å². The molecular formula is C12H26N2. The molecule has 84 valence electrons. The molecule has 0 aromatic carbocycles. The second kappa shape index (κ2) is 4.63. The van der Waals surface area contributed by atoms with Gasteiger partial charge in [0.1, 0.15) is 0 Å². The van der Waals surface area contributed by atoms with Crippen molar-refractivity contribution in [1.29, 1.82) is 0 Å². The first-order valence-corrected chi connectivity index (χ1v) is 5.86. The van der Waals surface area contributed by atoms with E-state index in [-0.39, 0.29) is 5.54 Å². The van der Waals surface area contributed by atoms with Crippen molar-refractivity contribution in [3.05, 3.63) is 0 Å². The summed E-state index contributed by atoms with van der Waals surface area (Å²) < 4.78 is 0. The molecule has 0 saturated carbocycles. The van der Waals surface area contributed by atoms with Crippen molar-refractivity contribution >= 4 is 0 Å². The smallest absolute Gasteiger partial charge is 0.0249 e. The minimum Gasteiger partial charge on any atom is -0.314 e. The molecule has 0 aromatic rings. The number of hydrogen-bond donors (Lipinski definition) is 1. The summed E-state index contributed by atoms with van der Waals surface area (Å²) >= 11 is 0. The average Bonchev–Trinajstić information content (AvgIpc) is 2.11. The third kappa shape index (κ3) is 3.25.